The van der Waals surface area contributed by atoms with Gasteiger partial charge in [0.15, 0.2) is 6.29 Å². The third kappa shape index (κ3) is 41.3. The smallest absolute Gasteiger partial charge is 0.249 e. The molecule has 1 rings (SSSR count). The predicted octanol–water partition coefficient (Wildman–Crippen LogP) is 14.5. The van der Waals surface area contributed by atoms with Crippen molar-refractivity contribution in [2.45, 2.75) is 364 Å². The molecule has 0 saturated carbocycles. The summed E-state index contributed by atoms with van der Waals surface area (Å²) >= 11 is 0. The molecule has 8 N–H and O–H groups in total. The van der Waals surface area contributed by atoms with Crippen LogP contribution in [0.2, 0.25) is 0 Å². The Morgan fingerprint density at radius 3 is 1.19 bits per heavy atom. The monoisotopic (exact) mass is 1070 g/mol. The number of carbonyl (C=O) groups excluding carboxylic acids is 1. The Labute approximate surface area is 461 Å². The molecule has 9 atom stereocenters. The molecule has 1 aliphatic rings. The minimum atomic E-state index is -1.67. The minimum absolute atomic E-state index is 0.249. The van der Waals surface area contributed by atoms with Crippen molar-refractivity contribution in [2.75, 3.05) is 13.2 Å². The first-order valence-electron chi connectivity index (χ1n) is 32.2. The number of aliphatic hydroxyl groups excluding tert-OH is 7. The molecule has 1 aliphatic heterocycles. The molecule has 0 aromatic heterocycles. The lowest BCUT2D eigenvalue weighted by Crippen LogP contribution is -2.60. The number of unbranched alkanes of at least 4 members (excludes halogenated alkanes) is 40. The van der Waals surface area contributed by atoms with Crippen molar-refractivity contribution in [3.8, 4) is 0 Å². The second-order valence-electron chi connectivity index (χ2n) is 22.8. The van der Waals surface area contributed by atoms with Crippen LogP contribution in [0.5, 0.6) is 0 Å². The second kappa shape index (κ2) is 53.2. The quantitative estimate of drug-likeness (QED) is 0.0215. The molecule has 0 aliphatic carbocycles. The van der Waals surface area contributed by atoms with Gasteiger partial charge in [0.1, 0.15) is 36.6 Å². The van der Waals surface area contributed by atoms with E-state index >= 15 is 0 Å². The maximum Gasteiger partial charge on any atom is 0.249 e. The summed E-state index contributed by atoms with van der Waals surface area (Å²) < 4.78 is 11.2. The van der Waals surface area contributed by atoms with Crippen molar-refractivity contribution in [1.29, 1.82) is 0 Å². The number of hydrogen-bond acceptors (Lipinski definition) is 10. The predicted molar refractivity (Wildman–Crippen MR) is 312 cm³/mol. The zero-order chi connectivity index (χ0) is 54.7. The van der Waals surface area contributed by atoms with Crippen LogP contribution in [-0.4, -0.2) is 110 Å². The highest BCUT2D eigenvalue weighted by molar-refractivity contribution is 5.80. The van der Waals surface area contributed by atoms with Crippen molar-refractivity contribution in [1.82, 2.24) is 5.32 Å². The van der Waals surface area contributed by atoms with Crippen molar-refractivity contribution >= 4 is 5.91 Å². The van der Waals surface area contributed by atoms with Gasteiger partial charge < -0.3 is 50.5 Å². The van der Waals surface area contributed by atoms with Crippen molar-refractivity contribution < 1.29 is 50.0 Å². The standard InChI is InChI=1S/C64H123NO10/c1-3-5-7-9-11-13-15-17-19-21-23-25-27-28-29-30-32-34-36-38-40-42-44-46-48-50-52-57(68)63(73)65-55(54-74-64-62(72)61(71)60(70)58(53-66)75-64)59(69)56(67)51-49-47-45-43-41-39-37-35-33-31-26-24-22-20-18-16-14-12-10-8-6-4-2/h35,37,43,45,55-62,64,66-72H,3-34,36,38-42,44,46-54H2,1-2H3,(H,65,73)/b37-35+,45-43+. The van der Waals surface area contributed by atoms with E-state index in [0.29, 0.717) is 19.3 Å². The molecular weight excluding hydrogens is 943 g/mol. The van der Waals surface area contributed by atoms with Crippen LogP contribution in [0.25, 0.3) is 0 Å². The van der Waals surface area contributed by atoms with Gasteiger partial charge in [0, 0.05) is 0 Å². The Kier molecular flexibility index (Phi) is 50.8. The highest BCUT2D eigenvalue weighted by Gasteiger charge is 2.44. The number of allylic oxidation sites excluding steroid dienone is 4. The zero-order valence-corrected chi connectivity index (χ0v) is 48.8. The van der Waals surface area contributed by atoms with Gasteiger partial charge in [0.05, 0.1) is 25.4 Å². The first-order chi connectivity index (χ1) is 36.7. The number of carbonyl (C=O) groups is 1. The van der Waals surface area contributed by atoms with Gasteiger partial charge in [-0.15, -0.1) is 0 Å². The Balaban J connectivity index is 2.27. The molecule has 0 spiro atoms. The fourth-order valence-corrected chi connectivity index (χ4v) is 10.5. The molecule has 444 valence electrons. The average Bonchev–Trinajstić information content (AvgIpc) is 3.41. The lowest BCUT2D eigenvalue weighted by Gasteiger charge is -2.40. The largest absolute Gasteiger partial charge is 0.394 e. The summed E-state index contributed by atoms with van der Waals surface area (Å²) in [6, 6.07) is -1.19. The van der Waals surface area contributed by atoms with Crippen LogP contribution in [0.4, 0.5) is 0 Å². The zero-order valence-electron chi connectivity index (χ0n) is 48.8. The van der Waals surface area contributed by atoms with Crippen molar-refractivity contribution in [3.05, 3.63) is 24.3 Å². The van der Waals surface area contributed by atoms with Crippen LogP contribution < -0.4 is 5.32 Å². The summed E-state index contributed by atoms with van der Waals surface area (Å²) in [5.41, 5.74) is 0. The second-order valence-corrected chi connectivity index (χ2v) is 22.8. The lowest BCUT2D eigenvalue weighted by atomic mass is 9.98. The molecule has 1 saturated heterocycles. The molecule has 11 nitrogen and oxygen atoms in total. The van der Waals surface area contributed by atoms with E-state index in [1.807, 2.05) is 0 Å². The fourth-order valence-electron chi connectivity index (χ4n) is 10.5. The number of ether oxygens (including phenoxy) is 2. The summed E-state index contributed by atoms with van der Waals surface area (Å²) in [7, 11) is 0. The van der Waals surface area contributed by atoms with E-state index in [-0.39, 0.29) is 12.8 Å². The van der Waals surface area contributed by atoms with Gasteiger partial charge in [-0.2, -0.15) is 0 Å². The number of rotatable bonds is 56. The van der Waals surface area contributed by atoms with Crippen LogP contribution >= 0.6 is 0 Å². The Morgan fingerprint density at radius 2 is 0.800 bits per heavy atom. The molecular formula is C64H123NO10. The fraction of sp³-hybridized carbons (Fsp3) is 0.922. The molecule has 75 heavy (non-hydrogen) atoms. The number of hydrogen-bond donors (Lipinski definition) is 8. The van der Waals surface area contributed by atoms with Crippen LogP contribution in [0.1, 0.15) is 309 Å². The minimum Gasteiger partial charge on any atom is -0.394 e. The topological polar surface area (TPSA) is 189 Å². The molecule has 0 bridgehead atoms. The highest BCUT2D eigenvalue weighted by Crippen LogP contribution is 2.24. The van der Waals surface area contributed by atoms with Crippen molar-refractivity contribution in [3.63, 3.8) is 0 Å². The van der Waals surface area contributed by atoms with Gasteiger partial charge in [0.2, 0.25) is 5.91 Å². The van der Waals surface area contributed by atoms with Crippen LogP contribution in [0.3, 0.4) is 0 Å². The van der Waals surface area contributed by atoms with Crippen LogP contribution in [0.15, 0.2) is 24.3 Å². The first-order valence-corrected chi connectivity index (χ1v) is 32.2. The van der Waals surface area contributed by atoms with E-state index < -0.39 is 74.2 Å². The Bertz CT molecular complexity index is 1270. The molecule has 0 aromatic carbocycles. The van der Waals surface area contributed by atoms with Gasteiger partial charge in [-0.05, 0) is 51.4 Å². The van der Waals surface area contributed by atoms with Gasteiger partial charge in [0.25, 0.3) is 0 Å². The van der Waals surface area contributed by atoms with Crippen LogP contribution in [0, 0.1) is 0 Å². The highest BCUT2D eigenvalue weighted by atomic mass is 16.7. The molecule has 1 fully saturated rings. The summed E-state index contributed by atoms with van der Waals surface area (Å²) in [5.74, 6) is -0.704. The van der Waals surface area contributed by atoms with E-state index in [1.54, 1.807) is 0 Å². The Morgan fingerprint density at radius 1 is 0.453 bits per heavy atom. The third-order valence-corrected chi connectivity index (χ3v) is 15.7. The lowest BCUT2D eigenvalue weighted by molar-refractivity contribution is -0.303. The van der Waals surface area contributed by atoms with E-state index in [4.69, 9.17) is 9.47 Å². The van der Waals surface area contributed by atoms with E-state index in [2.05, 4.69) is 43.5 Å². The normalized spacial score (nSPS) is 19.8. The number of nitrogens with one attached hydrogen (secondary N) is 1. The Hall–Kier alpha value is -1.41. The third-order valence-electron chi connectivity index (χ3n) is 15.7. The molecule has 1 amide bonds. The van der Waals surface area contributed by atoms with Gasteiger partial charge >= 0.3 is 0 Å². The van der Waals surface area contributed by atoms with E-state index in [1.165, 1.54) is 225 Å². The SMILES string of the molecule is CCCCCCCCCCCCCCC/C=C/CC/C=C/CCCC(O)C(O)C(COC1OC(CO)C(O)C(O)C1O)NC(=O)C(O)CCCCCCCCCCCCCCCCCCCCCCCCCCCC. The van der Waals surface area contributed by atoms with Crippen molar-refractivity contribution in [2.24, 2.45) is 0 Å². The molecule has 9 unspecified atom stereocenters. The molecule has 0 radical (unpaired) electrons. The summed E-state index contributed by atoms with van der Waals surface area (Å²) in [4.78, 5) is 13.2. The summed E-state index contributed by atoms with van der Waals surface area (Å²) in [5, 5.41) is 76.3. The summed E-state index contributed by atoms with van der Waals surface area (Å²) in [6.07, 6.45) is 53.9. The van der Waals surface area contributed by atoms with Gasteiger partial charge in [-0.3, -0.25) is 4.79 Å². The van der Waals surface area contributed by atoms with Gasteiger partial charge in [-0.25, -0.2) is 0 Å². The average molecular weight is 1070 g/mol. The molecule has 11 heteroatoms. The molecule has 0 aromatic rings. The maximum atomic E-state index is 13.2. The van der Waals surface area contributed by atoms with Crippen LogP contribution in [-0.2, 0) is 14.3 Å². The first kappa shape index (κ1) is 71.6. The number of amides is 1. The van der Waals surface area contributed by atoms with E-state index in [9.17, 15) is 40.5 Å². The molecule has 1 heterocycles. The number of aliphatic hydroxyl groups is 7. The van der Waals surface area contributed by atoms with E-state index in [0.717, 1.165) is 38.5 Å². The summed E-state index contributed by atoms with van der Waals surface area (Å²) in [6.45, 7) is 3.48. The van der Waals surface area contributed by atoms with Gasteiger partial charge in [-0.1, -0.05) is 282 Å². The maximum absolute atomic E-state index is 13.2.